The molecule has 0 spiro atoms. The van der Waals surface area contributed by atoms with E-state index in [0.29, 0.717) is 0 Å². The van der Waals surface area contributed by atoms with Crippen LogP contribution in [0.15, 0.2) is 92.6 Å². The Morgan fingerprint density at radius 2 is 0.750 bits per heavy atom. The van der Waals surface area contributed by atoms with Crippen molar-refractivity contribution in [3.8, 4) is 0 Å². The number of hydrogen-bond acceptors (Lipinski definition) is 0. The molecule has 7 heterocycles. The first-order chi connectivity index (χ1) is 17.7. The molecule has 180 valence electrons. The van der Waals surface area contributed by atoms with Crippen molar-refractivity contribution in [1.82, 2.24) is 28.7 Å². The van der Waals surface area contributed by atoms with Crippen molar-refractivity contribution in [2.75, 3.05) is 0 Å². The minimum atomic E-state index is 0.817. The summed E-state index contributed by atoms with van der Waals surface area (Å²) in [6, 6.07) is 13.1. The molecule has 1 aliphatic rings. The number of nitrogens with zero attached hydrogens (tertiary/aromatic N) is 6. The van der Waals surface area contributed by atoms with Gasteiger partial charge in [0.15, 0.2) is 0 Å². The summed E-state index contributed by atoms with van der Waals surface area (Å²) in [5, 5.41) is 0. The van der Waals surface area contributed by atoms with Crippen molar-refractivity contribution in [1.29, 1.82) is 0 Å². The molecule has 12 bridgehead atoms. The maximum atomic E-state index is 3.59. The van der Waals surface area contributed by atoms with Crippen molar-refractivity contribution in [3.05, 3.63) is 127 Å². The standard InChI is InChI=1S/C27H30N9/c1-2-23-14-32-9-10-34(20-32)16-25-5-6-27(30-25)18-36-12-11-35(21-36)17-26-4-3-24(29-26)15-33-8-7-31(19-33)13-22(1)28-23/h1-12,19-21,28-30H,13-18H2/q+3. The summed E-state index contributed by atoms with van der Waals surface area (Å²) in [5.41, 5.74) is 7.21. The Morgan fingerprint density at radius 3 is 1.14 bits per heavy atom. The molecule has 6 aromatic heterocycles. The van der Waals surface area contributed by atoms with Gasteiger partial charge in [0.1, 0.15) is 76.4 Å². The van der Waals surface area contributed by atoms with Gasteiger partial charge in [-0.25, -0.2) is 27.4 Å². The highest BCUT2D eigenvalue weighted by Gasteiger charge is 2.13. The monoisotopic (exact) mass is 480 g/mol. The zero-order valence-electron chi connectivity index (χ0n) is 20.1. The third-order valence-electron chi connectivity index (χ3n) is 6.78. The Balaban J connectivity index is 1.18. The highest BCUT2D eigenvalue weighted by Crippen LogP contribution is 2.08. The molecule has 7 rings (SSSR count). The number of rotatable bonds is 0. The zero-order chi connectivity index (χ0) is 23.9. The van der Waals surface area contributed by atoms with Crippen LogP contribution < -0.4 is 13.7 Å². The lowest BCUT2D eigenvalue weighted by atomic mass is 10.4. The van der Waals surface area contributed by atoms with Crippen LogP contribution in [-0.2, 0) is 39.3 Å². The second-order valence-corrected chi connectivity index (χ2v) is 9.80. The van der Waals surface area contributed by atoms with Gasteiger partial charge < -0.3 is 15.0 Å². The Hall–Kier alpha value is -4.53. The number of imidazole rings is 3. The quantitative estimate of drug-likeness (QED) is 0.276. The minimum Gasteiger partial charge on any atom is -0.356 e. The molecular formula is C27H30N9+3. The summed E-state index contributed by atoms with van der Waals surface area (Å²) in [4.78, 5) is 10.8. The fraction of sp³-hybridized carbons (Fsp3) is 0.222. The first-order valence-electron chi connectivity index (χ1n) is 12.3. The van der Waals surface area contributed by atoms with E-state index in [9.17, 15) is 0 Å². The average Bonchev–Trinajstić information content (AvgIpc) is 3.68. The van der Waals surface area contributed by atoms with E-state index < -0.39 is 0 Å². The van der Waals surface area contributed by atoms with Crippen LogP contribution in [0.1, 0.15) is 34.2 Å². The maximum absolute atomic E-state index is 3.59. The number of H-pyrrole nitrogens is 3. The predicted octanol–water partition coefficient (Wildman–Crippen LogP) is 1.54. The fourth-order valence-corrected chi connectivity index (χ4v) is 5.08. The second-order valence-electron chi connectivity index (χ2n) is 9.80. The molecule has 0 atom stereocenters. The molecule has 3 N–H and O–H groups in total. The third kappa shape index (κ3) is 4.43. The number of nitrogens with one attached hydrogen (secondary N) is 3. The van der Waals surface area contributed by atoms with E-state index in [1.54, 1.807) is 0 Å². The zero-order valence-corrected chi connectivity index (χ0v) is 20.1. The molecule has 0 saturated carbocycles. The Bertz CT molecular complexity index is 1200. The molecule has 0 saturated heterocycles. The van der Waals surface area contributed by atoms with Crippen LogP contribution in [-0.4, -0.2) is 28.7 Å². The molecule has 0 radical (unpaired) electrons. The van der Waals surface area contributed by atoms with E-state index in [1.807, 2.05) is 0 Å². The van der Waals surface area contributed by atoms with E-state index in [4.69, 9.17) is 0 Å². The lowest BCUT2D eigenvalue weighted by Gasteiger charge is -1.98. The minimum absolute atomic E-state index is 0.817. The van der Waals surface area contributed by atoms with E-state index in [2.05, 4.69) is 135 Å². The number of hydrogen-bond donors (Lipinski definition) is 3. The summed E-state index contributed by atoms with van der Waals surface area (Å²) in [6.45, 7) is 4.90. The molecule has 6 aromatic rings. The van der Waals surface area contributed by atoms with Crippen LogP contribution in [0.25, 0.3) is 0 Å². The largest absolute Gasteiger partial charge is 0.356 e. The lowest BCUT2D eigenvalue weighted by molar-refractivity contribution is -0.689. The Labute approximate surface area is 208 Å². The number of fused-ring (bicyclic) bond motifs is 12. The summed E-state index contributed by atoms with van der Waals surface area (Å²) in [6.07, 6.45) is 19.3. The van der Waals surface area contributed by atoms with Crippen LogP contribution in [0.5, 0.6) is 0 Å². The summed E-state index contributed by atoms with van der Waals surface area (Å²) < 4.78 is 13.3. The smallest absolute Gasteiger partial charge is 0.244 e. The van der Waals surface area contributed by atoms with Crippen molar-refractivity contribution < 1.29 is 13.7 Å². The van der Waals surface area contributed by atoms with Gasteiger partial charge in [-0.05, 0) is 36.4 Å². The van der Waals surface area contributed by atoms with Gasteiger partial charge in [-0.1, -0.05) is 0 Å². The third-order valence-corrected chi connectivity index (χ3v) is 6.78. The first-order valence-corrected chi connectivity index (χ1v) is 12.3. The van der Waals surface area contributed by atoms with E-state index in [1.165, 1.54) is 34.2 Å². The van der Waals surface area contributed by atoms with Crippen molar-refractivity contribution in [3.63, 3.8) is 0 Å². The van der Waals surface area contributed by atoms with Gasteiger partial charge in [-0.3, -0.25) is 0 Å². The molecule has 0 aliphatic carbocycles. The van der Waals surface area contributed by atoms with Gasteiger partial charge >= 0.3 is 0 Å². The van der Waals surface area contributed by atoms with E-state index >= 15 is 0 Å². The molecule has 1 aliphatic heterocycles. The van der Waals surface area contributed by atoms with Gasteiger partial charge in [-0.2, -0.15) is 0 Å². The first kappa shape index (κ1) is 20.8. The SMILES string of the molecule is c1cc2[nH]c1Cn1cc[n+](c1)Cc1ccc([nH]1)Cn1cc[n+](c1)Cc1ccc([nH]1)C[n+]1ccn(c1)C2. The molecule has 0 fully saturated rings. The molecule has 36 heavy (non-hydrogen) atoms. The van der Waals surface area contributed by atoms with E-state index in [-0.39, 0.29) is 0 Å². The summed E-state index contributed by atoms with van der Waals surface area (Å²) in [5.74, 6) is 0. The normalized spacial score (nSPS) is 14.0. The van der Waals surface area contributed by atoms with Crippen molar-refractivity contribution in [2.45, 2.75) is 39.3 Å². The summed E-state index contributed by atoms with van der Waals surface area (Å²) in [7, 11) is 0. The molecule has 0 unspecified atom stereocenters. The molecule has 9 heteroatoms. The lowest BCUT2D eigenvalue weighted by Crippen LogP contribution is -2.33. The fourth-order valence-electron chi connectivity index (χ4n) is 5.08. The van der Waals surface area contributed by atoms with Gasteiger partial charge in [-0.15, -0.1) is 0 Å². The molecular weight excluding hydrogens is 450 g/mol. The molecule has 9 nitrogen and oxygen atoms in total. The highest BCUT2D eigenvalue weighted by molar-refractivity contribution is 5.15. The Morgan fingerprint density at radius 1 is 0.444 bits per heavy atom. The predicted molar refractivity (Wildman–Crippen MR) is 131 cm³/mol. The topological polar surface area (TPSA) is 73.8 Å². The van der Waals surface area contributed by atoms with E-state index in [0.717, 1.165) is 39.3 Å². The second kappa shape index (κ2) is 8.60. The Kier molecular flexibility index (Phi) is 4.97. The molecule has 0 aromatic carbocycles. The van der Waals surface area contributed by atoms with Gasteiger partial charge in [0.2, 0.25) is 19.0 Å². The summed E-state index contributed by atoms with van der Waals surface area (Å²) >= 11 is 0. The van der Waals surface area contributed by atoms with Crippen LogP contribution in [0.3, 0.4) is 0 Å². The van der Waals surface area contributed by atoms with Crippen LogP contribution in [0.4, 0.5) is 0 Å². The number of aromatic amines is 3. The molecule has 0 amide bonds. The number of aromatic nitrogens is 9. The van der Waals surface area contributed by atoms with Crippen LogP contribution >= 0.6 is 0 Å². The van der Waals surface area contributed by atoms with Crippen LogP contribution in [0, 0.1) is 0 Å². The van der Waals surface area contributed by atoms with Crippen LogP contribution in [0.2, 0.25) is 0 Å². The maximum Gasteiger partial charge on any atom is 0.244 e. The highest BCUT2D eigenvalue weighted by atomic mass is 15.1. The van der Waals surface area contributed by atoms with Gasteiger partial charge in [0, 0.05) is 0 Å². The van der Waals surface area contributed by atoms with Crippen molar-refractivity contribution in [2.24, 2.45) is 0 Å². The van der Waals surface area contributed by atoms with Gasteiger partial charge in [0.05, 0.1) is 34.2 Å². The average molecular weight is 481 g/mol. The van der Waals surface area contributed by atoms with Crippen molar-refractivity contribution >= 4 is 0 Å². The van der Waals surface area contributed by atoms with Gasteiger partial charge in [0.25, 0.3) is 0 Å².